The molecule has 214 valence electrons. The van der Waals surface area contributed by atoms with Crippen LogP contribution in [0.5, 0.6) is 0 Å². The summed E-state index contributed by atoms with van der Waals surface area (Å²) in [5.41, 5.74) is 17.6. The SMILES string of the molecule is c1ccc(-c2ccc(-c3cccc(-c4ccc5c6c(cccc46)-c4ccccc4-5)c3)c(-c3ccccc3)c2-c2ccccc2)cc1. The standard InChI is InChI=1S/C46H30/c1-4-14-31(15-5-1)37-27-28-38(45(33-18-8-3-9-19-33)44(37)32-16-6-2-7-17-32)35-21-12-20-34(30-35)36-26-29-43-40-23-11-10-22-39(40)42-25-13-24-41(36)46(42)43/h1-30H. The van der Waals surface area contributed by atoms with Crippen molar-refractivity contribution in [3.05, 3.63) is 182 Å². The first-order valence-corrected chi connectivity index (χ1v) is 15.9. The fourth-order valence-electron chi connectivity index (χ4n) is 7.43. The molecule has 0 heteroatoms. The molecule has 1 aliphatic carbocycles. The minimum Gasteiger partial charge on any atom is -0.0622 e. The number of rotatable bonds is 5. The zero-order valence-corrected chi connectivity index (χ0v) is 25.3. The highest BCUT2D eigenvalue weighted by Gasteiger charge is 2.23. The van der Waals surface area contributed by atoms with Crippen LogP contribution < -0.4 is 0 Å². The first-order valence-electron chi connectivity index (χ1n) is 15.9. The van der Waals surface area contributed by atoms with Gasteiger partial charge in [0, 0.05) is 0 Å². The van der Waals surface area contributed by atoms with Crippen molar-refractivity contribution in [1.82, 2.24) is 0 Å². The van der Waals surface area contributed by atoms with E-state index in [1.165, 1.54) is 88.7 Å². The molecule has 8 aromatic rings. The van der Waals surface area contributed by atoms with Crippen LogP contribution in [-0.4, -0.2) is 0 Å². The van der Waals surface area contributed by atoms with Gasteiger partial charge < -0.3 is 0 Å². The first-order chi connectivity index (χ1) is 22.8. The molecule has 0 nitrogen and oxygen atoms in total. The smallest absolute Gasteiger partial charge is 0.00201 e. The second-order valence-electron chi connectivity index (χ2n) is 12.0. The van der Waals surface area contributed by atoms with Gasteiger partial charge in [-0.15, -0.1) is 0 Å². The normalized spacial score (nSPS) is 11.5. The second-order valence-corrected chi connectivity index (χ2v) is 12.0. The predicted molar refractivity (Wildman–Crippen MR) is 196 cm³/mol. The highest BCUT2D eigenvalue weighted by Crippen LogP contribution is 2.50. The van der Waals surface area contributed by atoms with Crippen LogP contribution in [0.3, 0.4) is 0 Å². The lowest BCUT2D eigenvalue weighted by atomic mass is 9.82. The summed E-state index contributed by atoms with van der Waals surface area (Å²) in [6, 6.07) is 66.4. The lowest BCUT2D eigenvalue weighted by Crippen LogP contribution is -1.95. The Morgan fingerprint density at radius 2 is 0.609 bits per heavy atom. The molecule has 8 aromatic carbocycles. The van der Waals surface area contributed by atoms with Crippen LogP contribution in [0.15, 0.2) is 182 Å². The van der Waals surface area contributed by atoms with Gasteiger partial charge in [-0.1, -0.05) is 176 Å². The zero-order valence-electron chi connectivity index (χ0n) is 25.3. The Balaban J connectivity index is 1.28. The van der Waals surface area contributed by atoms with Crippen LogP contribution >= 0.6 is 0 Å². The van der Waals surface area contributed by atoms with Crippen molar-refractivity contribution in [3.63, 3.8) is 0 Å². The first kappa shape index (κ1) is 26.4. The van der Waals surface area contributed by atoms with Crippen molar-refractivity contribution in [2.45, 2.75) is 0 Å². The molecule has 0 unspecified atom stereocenters. The largest absolute Gasteiger partial charge is 0.0622 e. The minimum atomic E-state index is 1.21. The van der Waals surface area contributed by atoms with Crippen molar-refractivity contribution < 1.29 is 0 Å². The van der Waals surface area contributed by atoms with Crippen molar-refractivity contribution in [2.24, 2.45) is 0 Å². The van der Waals surface area contributed by atoms with E-state index in [4.69, 9.17) is 0 Å². The third-order valence-corrected chi connectivity index (χ3v) is 9.45. The van der Waals surface area contributed by atoms with Crippen LogP contribution in [0.2, 0.25) is 0 Å². The lowest BCUT2D eigenvalue weighted by Gasteiger charge is -2.21. The number of hydrogen-bond donors (Lipinski definition) is 0. The molecule has 0 spiro atoms. The van der Waals surface area contributed by atoms with Crippen molar-refractivity contribution in [2.75, 3.05) is 0 Å². The van der Waals surface area contributed by atoms with Crippen LogP contribution in [0, 0.1) is 0 Å². The molecular weight excluding hydrogens is 553 g/mol. The Labute approximate surface area is 269 Å². The number of fused-ring (bicyclic) bond motifs is 3. The van der Waals surface area contributed by atoms with Gasteiger partial charge in [0.15, 0.2) is 0 Å². The quantitative estimate of drug-likeness (QED) is 0.189. The fourth-order valence-corrected chi connectivity index (χ4v) is 7.43. The minimum absolute atomic E-state index is 1.21. The monoisotopic (exact) mass is 582 g/mol. The molecular formula is C46H30. The summed E-state index contributed by atoms with van der Waals surface area (Å²) < 4.78 is 0. The summed E-state index contributed by atoms with van der Waals surface area (Å²) in [4.78, 5) is 0. The van der Waals surface area contributed by atoms with Gasteiger partial charge in [-0.2, -0.15) is 0 Å². The van der Waals surface area contributed by atoms with Crippen LogP contribution in [-0.2, 0) is 0 Å². The van der Waals surface area contributed by atoms with E-state index in [1.807, 2.05) is 0 Å². The highest BCUT2D eigenvalue weighted by atomic mass is 14.3. The third kappa shape index (κ3) is 4.23. The Hall–Kier alpha value is -5.98. The second kappa shape index (κ2) is 10.9. The number of hydrogen-bond acceptors (Lipinski definition) is 0. The van der Waals surface area contributed by atoms with Gasteiger partial charge in [-0.05, 0) is 94.7 Å². The number of benzene rings is 8. The summed E-state index contributed by atoms with van der Waals surface area (Å²) in [5, 5.41) is 2.66. The maximum absolute atomic E-state index is 2.38. The van der Waals surface area contributed by atoms with E-state index in [0.29, 0.717) is 0 Å². The van der Waals surface area contributed by atoms with Gasteiger partial charge in [0.2, 0.25) is 0 Å². The molecule has 9 rings (SSSR count). The molecule has 1 aliphatic rings. The predicted octanol–water partition coefficient (Wildman–Crippen LogP) is 12.8. The van der Waals surface area contributed by atoms with Crippen LogP contribution in [0.25, 0.3) is 88.7 Å². The summed E-state index contributed by atoms with van der Waals surface area (Å²) in [6.07, 6.45) is 0. The van der Waals surface area contributed by atoms with E-state index in [9.17, 15) is 0 Å². The summed E-state index contributed by atoms with van der Waals surface area (Å²) >= 11 is 0. The zero-order chi connectivity index (χ0) is 30.5. The molecule has 0 saturated heterocycles. The molecule has 0 radical (unpaired) electrons. The van der Waals surface area contributed by atoms with Gasteiger partial charge in [0.05, 0.1) is 0 Å². The maximum atomic E-state index is 2.38. The van der Waals surface area contributed by atoms with Gasteiger partial charge in [-0.25, -0.2) is 0 Å². The van der Waals surface area contributed by atoms with Crippen molar-refractivity contribution >= 4 is 10.8 Å². The fraction of sp³-hybridized carbons (Fsp3) is 0. The Morgan fingerprint density at radius 3 is 1.22 bits per heavy atom. The third-order valence-electron chi connectivity index (χ3n) is 9.45. The van der Waals surface area contributed by atoms with Gasteiger partial charge in [0.1, 0.15) is 0 Å². The summed E-state index contributed by atoms with van der Waals surface area (Å²) in [6.45, 7) is 0. The Kier molecular flexibility index (Phi) is 6.25. The van der Waals surface area contributed by atoms with E-state index < -0.39 is 0 Å². The topological polar surface area (TPSA) is 0 Å². The van der Waals surface area contributed by atoms with E-state index in [2.05, 4.69) is 182 Å². The van der Waals surface area contributed by atoms with Crippen LogP contribution in [0.1, 0.15) is 0 Å². The molecule has 0 atom stereocenters. The molecule has 0 bridgehead atoms. The average Bonchev–Trinajstić information content (AvgIpc) is 3.47. The molecule has 0 saturated carbocycles. The lowest BCUT2D eigenvalue weighted by molar-refractivity contribution is 1.54. The Bertz CT molecular complexity index is 2350. The van der Waals surface area contributed by atoms with Gasteiger partial charge in [0.25, 0.3) is 0 Å². The molecule has 46 heavy (non-hydrogen) atoms. The molecule has 0 amide bonds. The van der Waals surface area contributed by atoms with E-state index in [-0.39, 0.29) is 0 Å². The Morgan fingerprint density at radius 1 is 0.217 bits per heavy atom. The van der Waals surface area contributed by atoms with Crippen molar-refractivity contribution in [3.8, 4) is 77.9 Å². The average molecular weight is 583 g/mol. The molecule has 0 fully saturated rings. The summed E-state index contributed by atoms with van der Waals surface area (Å²) in [7, 11) is 0. The molecule has 0 aromatic heterocycles. The van der Waals surface area contributed by atoms with E-state index in [0.717, 1.165) is 0 Å². The van der Waals surface area contributed by atoms with Gasteiger partial charge >= 0.3 is 0 Å². The molecule has 0 heterocycles. The maximum Gasteiger partial charge on any atom is -0.00201 e. The van der Waals surface area contributed by atoms with Gasteiger partial charge in [-0.3, -0.25) is 0 Å². The van der Waals surface area contributed by atoms with E-state index in [1.54, 1.807) is 0 Å². The molecule has 0 N–H and O–H groups in total. The van der Waals surface area contributed by atoms with Crippen LogP contribution in [0.4, 0.5) is 0 Å². The molecule has 0 aliphatic heterocycles. The van der Waals surface area contributed by atoms with Crippen molar-refractivity contribution in [1.29, 1.82) is 0 Å². The van der Waals surface area contributed by atoms with E-state index >= 15 is 0 Å². The highest BCUT2D eigenvalue weighted by molar-refractivity contribution is 6.18. The summed E-state index contributed by atoms with van der Waals surface area (Å²) in [5.74, 6) is 0.